The van der Waals surface area contributed by atoms with Gasteiger partial charge in [-0.15, -0.1) is 5.06 Å². The van der Waals surface area contributed by atoms with Crippen LogP contribution in [0.25, 0.3) is 10.9 Å². The van der Waals surface area contributed by atoms with Crippen LogP contribution in [0.1, 0.15) is 24.0 Å². The maximum Gasteiger partial charge on any atom is 0.471 e. The Labute approximate surface area is 192 Å². The van der Waals surface area contributed by atoms with Crippen molar-refractivity contribution in [3.8, 4) is 0 Å². The third-order valence-electron chi connectivity index (χ3n) is 4.34. The number of pyridine rings is 1. The molecule has 0 atom stereocenters. The average molecular weight is 497 g/mol. The first-order valence-corrected chi connectivity index (χ1v) is 11.5. The Morgan fingerprint density at radius 2 is 1.76 bits per heavy atom. The van der Waals surface area contributed by atoms with Gasteiger partial charge in [-0.1, -0.05) is 6.07 Å². The number of aromatic nitrogens is 1. The van der Waals surface area contributed by atoms with Gasteiger partial charge in [0.2, 0.25) is 0 Å². The van der Waals surface area contributed by atoms with E-state index in [1.54, 1.807) is 18.3 Å². The van der Waals surface area contributed by atoms with E-state index in [0.29, 0.717) is 10.6 Å². The molecule has 0 saturated carbocycles. The molecule has 0 radical (unpaired) electrons. The quantitative estimate of drug-likeness (QED) is 0.148. The highest BCUT2D eigenvalue weighted by molar-refractivity contribution is 7.80. The zero-order chi connectivity index (χ0) is 24.0. The number of hydroxylamine groups is 2. The SMILES string of the molecule is O=C(NCc1ccc2ncc(CNC(=S)NCOP(=O)(O)O)cc2c1)ON1C(=O)CCC1=O. The maximum atomic E-state index is 11.9. The molecule has 1 aliphatic heterocycles. The van der Waals surface area contributed by atoms with Crippen molar-refractivity contribution >= 4 is 54.0 Å². The summed E-state index contributed by atoms with van der Waals surface area (Å²) in [5.74, 6) is -1.12. The monoisotopic (exact) mass is 497 g/mol. The summed E-state index contributed by atoms with van der Waals surface area (Å²) < 4.78 is 14.9. The Morgan fingerprint density at radius 1 is 1.09 bits per heavy atom. The second-order valence-corrected chi connectivity index (χ2v) is 8.46. The number of imide groups is 1. The molecule has 15 heteroatoms. The second-order valence-electron chi connectivity index (χ2n) is 6.81. The molecule has 1 aliphatic rings. The number of nitrogens with zero attached hydrogens (tertiary/aromatic N) is 2. The number of hydrogen-bond donors (Lipinski definition) is 5. The fourth-order valence-electron chi connectivity index (χ4n) is 2.81. The summed E-state index contributed by atoms with van der Waals surface area (Å²) in [5.41, 5.74) is 2.23. The molecule has 5 N–H and O–H groups in total. The van der Waals surface area contributed by atoms with Crippen LogP contribution in [-0.2, 0) is 36.6 Å². The summed E-state index contributed by atoms with van der Waals surface area (Å²) >= 11 is 5.01. The molecule has 176 valence electrons. The van der Waals surface area contributed by atoms with Crippen molar-refractivity contribution in [3.05, 3.63) is 41.6 Å². The minimum Gasteiger partial charge on any atom is -0.359 e. The fraction of sp³-hybridized carbons (Fsp3) is 0.278. The highest BCUT2D eigenvalue weighted by atomic mass is 32.1. The van der Waals surface area contributed by atoms with Crippen molar-refractivity contribution in [1.82, 2.24) is 26.0 Å². The lowest BCUT2D eigenvalue weighted by Gasteiger charge is -2.13. The van der Waals surface area contributed by atoms with Gasteiger partial charge < -0.3 is 30.6 Å². The lowest BCUT2D eigenvalue weighted by molar-refractivity contribution is -0.171. The van der Waals surface area contributed by atoms with Gasteiger partial charge in [0.1, 0.15) is 6.73 Å². The van der Waals surface area contributed by atoms with Gasteiger partial charge in [-0.05, 0) is 41.5 Å². The van der Waals surface area contributed by atoms with E-state index in [1.807, 2.05) is 12.1 Å². The molecule has 0 aliphatic carbocycles. The molecule has 1 aromatic heterocycles. The first-order chi connectivity index (χ1) is 15.6. The summed E-state index contributed by atoms with van der Waals surface area (Å²) in [7, 11) is -4.58. The number of amides is 3. The minimum absolute atomic E-state index is 0.0168. The molecule has 1 saturated heterocycles. The van der Waals surface area contributed by atoms with Crippen LogP contribution in [0.5, 0.6) is 0 Å². The van der Waals surface area contributed by atoms with Crippen molar-refractivity contribution in [1.29, 1.82) is 0 Å². The number of rotatable bonds is 8. The summed E-state index contributed by atoms with van der Waals surface area (Å²) in [5, 5.41) is 9.24. The van der Waals surface area contributed by atoms with Gasteiger partial charge in [0.05, 0.1) is 5.52 Å². The molecule has 1 fully saturated rings. The molecule has 33 heavy (non-hydrogen) atoms. The molecule has 13 nitrogen and oxygen atoms in total. The number of thiocarbonyl (C=S) groups is 1. The number of phosphoric acid groups is 1. The first kappa shape index (κ1) is 24.5. The van der Waals surface area contributed by atoms with E-state index in [1.165, 1.54) is 0 Å². The normalized spacial score (nSPS) is 13.8. The predicted molar refractivity (Wildman–Crippen MR) is 117 cm³/mol. The average Bonchev–Trinajstić information content (AvgIpc) is 3.07. The van der Waals surface area contributed by atoms with Gasteiger partial charge in [0.15, 0.2) is 5.11 Å². The highest BCUT2D eigenvalue weighted by Gasteiger charge is 2.32. The van der Waals surface area contributed by atoms with Crippen LogP contribution in [0.2, 0.25) is 0 Å². The summed E-state index contributed by atoms with van der Waals surface area (Å²) in [6, 6.07) is 7.20. The largest absolute Gasteiger partial charge is 0.471 e. The van der Waals surface area contributed by atoms with E-state index in [4.69, 9.17) is 26.8 Å². The van der Waals surface area contributed by atoms with Crippen molar-refractivity contribution in [2.75, 3.05) is 6.73 Å². The number of carbonyl (C=O) groups excluding carboxylic acids is 3. The Kier molecular flexibility index (Phi) is 7.89. The molecular formula is C18H20N5O8PS. The smallest absolute Gasteiger partial charge is 0.359 e. The predicted octanol–water partition coefficient (Wildman–Crippen LogP) is 0.556. The molecular weight excluding hydrogens is 477 g/mol. The first-order valence-electron chi connectivity index (χ1n) is 9.51. The van der Waals surface area contributed by atoms with Crippen molar-refractivity contribution in [2.45, 2.75) is 25.9 Å². The minimum atomic E-state index is -4.58. The second kappa shape index (κ2) is 10.6. The summed E-state index contributed by atoms with van der Waals surface area (Å²) in [6.45, 7) is -0.0661. The summed E-state index contributed by atoms with van der Waals surface area (Å²) in [4.78, 5) is 61.3. The van der Waals surface area contributed by atoms with Gasteiger partial charge in [0, 0.05) is 37.5 Å². The van der Waals surface area contributed by atoms with E-state index in [2.05, 4.69) is 25.5 Å². The number of hydrogen-bond acceptors (Lipinski definition) is 8. The van der Waals surface area contributed by atoms with Crippen molar-refractivity contribution in [2.24, 2.45) is 0 Å². The fourth-order valence-corrected chi connectivity index (χ4v) is 3.17. The molecule has 0 unspecified atom stereocenters. The number of nitrogens with one attached hydrogen (secondary N) is 3. The van der Waals surface area contributed by atoms with E-state index in [9.17, 15) is 18.9 Å². The van der Waals surface area contributed by atoms with Gasteiger partial charge in [-0.3, -0.25) is 19.1 Å². The maximum absolute atomic E-state index is 11.9. The molecule has 3 rings (SSSR count). The third kappa shape index (κ3) is 7.44. The van der Waals surface area contributed by atoms with Crippen LogP contribution in [0.4, 0.5) is 4.79 Å². The lowest BCUT2D eigenvalue weighted by Crippen LogP contribution is -2.36. The van der Waals surface area contributed by atoms with Gasteiger partial charge >= 0.3 is 13.9 Å². The topological polar surface area (TPSA) is 179 Å². The number of benzene rings is 1. The highest BCUT2D eigenvalue weighted by Crippen LogP contribution is 2.34. The Balaban J connectivity index is 1.52. The molecule has 0 spiro atoms. The standard InChI is InChI=1S/C18H20N5O8PS/c24-15-3-4-16(25)23(15)31-18(26)21-7-11-1-2-14-13(5-11)6-12(8-19-14)9-20-17(33)22-10-30-32(27,28)29/h1-2,5-6,8H,3-4,7,9-10H2,(H,21,26)(H2,20,22,33)(H2,27,28,29). The van der Waals surface area contributed by atoms with Crippen LogP contribution in [0.15, 0.2) is 30.5 Å². The third-order valence-corrected chi connectivity index (χ3v) is 5.09. The number of carbonyl (C=O) groups is 3. The van der Waals surface area contributed by atoms with Crippen molar-refractivity contribution < 1.29 is 38.1 Å². The van der Waals surface area contributed by atoms with Gasteiger partial charge in [-0.25, -0.2) is 9.36 Å². The molecule has 0 bridgehead atoms. The van der Waals surface area contributed by atoms with Crippen molar-refractivity contribution in [3.63, 3.8) is 0 Å². The van der Waals surface area contributed by atoms with Gasteiger partial charge in [0.25, 0.3) is 11.8 Å². The molecule has 3 amide bonds. The molecule has 2 heterocycles. The lowest BCUT2D eigenvalue weighted by atomic mass is 10.1. The Hall–Kier alpha value is -3.16. The van der Waals surface area contributed by atoms with E-state index in [-0.39, 0.29) is 31.0 Å². The molecule has 2 aromatic rings. The van der Waals surface area contributed by atoms with E-state index in [0.717, 1.165) is 16.5 Å². The zero-order valence-electron chi connectivity index (χ0n) is 17.0. The van der Waals surface area contributed by atoms with Crippen LogP contribution in [0, 0.1) is 0 Å². The zero-order valence-corrected chi connectivity index (χ0v) is 18.7. The Bertz CT molecular complexity index is 1120. The van der Waals surface area contributed by atoms with E-state index >= 15 is 0 Å². The summed E-state index contributed by atoms with van der Waals surface area (Å²) in [6.07, 6.45) is 0.758. The number of phosphoric ester groups is 1. The molecule has 1 aromatic carbocycles. The van der Waals surface area contributed by atoms with Crippen LogP contribution >= 0.6 is 20.0 Å². The van der Waals surface area contributed by atoms with Crippen LogP contribution in [0.3, 0.4) is 0 Å². The Morgan fingerprint density at radius 3 is 2.45 bits per heavy atom. The van der Waals surface area contributed by atoms with Gasteiger partial charge in [-0.2, -0.15) is 0 Å². The van der Waals surface area contributed by atoms with E-state index < -0.39 is 32.5 Å². The number of fused-ring (bicyclic) bond motifs is 1. The van der Waals surface area contributed by atoms with Crippen LogP contribution in [-0.4, -0.2) is 49.6 Å². The van der Waals surface area contributed by atoms with Crippen LogP contribution < -0.4 is 16.0 Å².